The first kappa shape index (κ1) is 15.3. The summed E-state index contributed by atoms with van der Waals surface area (Å²) >= 11 is 0. The molecule has 0 amide bonds. The third-order valence-electron chi connectivity index (χ3n) is 3.19. The molecule has 16 heavy (non-hydrogen) atoms. The van der Waals surface area contributed by atoms with E-state index in [1.807, 2.05) is 27.7 Å². The molecule has 0 aliphatic rings. The van der Waals surface area contributed by atoms with Crippen LogP contribution in [0.4, 0.5) is 0 Å². The van der Waals surface area contributed by atoms with Crippen molar-refractivity contribution in [2.24, 2.45) is 11.8 Å². The van der Waals surface area contributed by atoms with E-state index in [0.29, 0.717) is 12.8 Å². The summed E-state index contributed by atoms with van der Waals surface area (Å²) in [5.74, 6) is 0.482. The molecule has 0 saturated carbocycles. The molecule has 0 aromatic heterocycles. The maximum atomic E-state index is 11.9. The number of ketones is 2. The first-order valence-corrected chi connectivity index (χ1v) is 6.67. The van der Waals surface area contributed by atoms with Gasteiger partial charge in [0.15, 0.2) is 0 Å². The third kappa shape index (κ3) is 4.46. The van der Waals surface area contributed by atoms with E-state index in [9.17, 15) is 9.59 Å². The minimum Gasteiger partial charge on any atom is -0.299 e. The van der Waals surface area contributed by atoms with Gasteiger partial charge in [-0.05, 0) is 25.7 Å². The Kier molecular flexibility index (Phi) is 8.14. The van der Waals surface area contributed by atoms with Gasteiger partial charge >= 0.3 is 0 Å². The van der Waals surface area contributed by atoms with Crippen LogP contribution in [0.5, 0.6) is 0 Å². The number of carbonyl (C=O) groups excluding carboxylic acids is 2. The highest BCUT2D eigenvalue weighted by Crippen LogP contribution is 2.24. The Bertz CT molecular complexity index is 197. The first-order chi connectivity index (χ1) is 7.62. The zero-order valence-corrected chi connectivity index (χ0v) is 11.2. The molecule has 0 aromatic rings. The molecule has 0 aromatic carbocycles. The van der Waals surface area contributed by atoms with E-state index < -0.39 is 0 Å². The minimum atomic E-state index is -0.0380. The molecule has 0 spiro atoms. The lowest BCUT2D eigenvalue weighted by molar-refractivity contribution is -0.132. The van der Waals surface area contributed by atoms with Gasteiger partial charge in [0.2, 0.25) is 0 Å². The summed E-state index contributed by atoms with van der Waals surface area (Å²) < 4.78 is 0. The van der Waals surface area contributed by atoms with Gasteiger partial charge in [-0.2, -0.15) is 0 Å². The second-order valence-corrected chi connectivity index (χ2v) is 4.46. The minimum absolute atomic E-state index is 0.0380. The van der Waals surface area contributed by atoms with E-state index in [0.717, 1.165) is 25.7 Å². The molecule has 0 aliphatic heterocycles. The van der Waals surface area contributed by atoms with Crippen LogP contribution >= 0.6 is 0 Å². The number of Topliss-reactive ketones (excluding diaryl/α,β-unsaturated/α-hetero) is 2. The normalized spacial score (nSPS) is 14.5. The summed E-state index contributed by atoms with van der Waals surface area (Å²) in [6.45, 7) is 8.05. The van der Waals surface area contributed by atoms with Crippen LogP contribution < -0.4 is 0 Å². The van der Waals surface area contributed by atoms with Gasteiger partial charge in [0.05, 0.1) is 0 Å². The highest BCUT2D eigenvalue weighted by molar-refractivity contribution is 5.89. The lowest BCUT2D eigenvalue weighted by Gasteiger charge is -2.22. The van der Waals surface area contributed by atoms with E-state index >= 15 is 0 Å². The Morgan fingerprint density at radius 1 is 0.750 bits per heavy atom. The van der Waals surface area contributed by atoms with E-state index in [1.165, 1.54) is 0 Å². The van der Waals surface area contributed by atoms with E-state index in [-0.39, 0.29) is 23.4 Å². The lowest BCUT2D eigenvalue weighted by atomic mass is 9.79. The Morgan fingerprint density at radius 2 is 1.06 bits per heavy atom. The van der Waals surface area contributed by atoms with Gasteiger partial charge in [0.25, 0.3) is 0 Å². The average molecular weight is 226 g/mol. The van der Waals surface area contributed by atoms with E-state index in [1.54, 1.807) is 0 Å². The predicted octanol–water partition coefficient (Wildman–Crippen LogP) is 3.78. The largest absolute Gasteiger partial charge is 0.299 e. The van der Waals surface area contributed by atoms with Crippen LogP contribution in [0.25, 0.3) is 0 Å². The van der Waals surface area contributed by atoms with Gasteiger partial charge in [-0.15, -0.1) is 0 Å². The molecule has 2 atom stereocenters. The summed E-state index contributed by atoms with van der Waals surface area (Å²) in [6, 6.07) is 0. The highest BCUT2D eigenvalue weighted by atomic mass is 16.1. The second kappa shape index (κ2) is 8.49. The van der Waals surface area contributed by atoms with Gasteiger partial charge in [0, 0.05) is 24.7 Å². The number of rotatable bonds is 9. The number of carbonyl (C=O) groups is 2. The van der Waals surface area contributed by atoms with Gasteiger partial charge in [-0.3, -0.25) is 9.59 Å². The molecule has 0 radical (unpaired) electrons. The van der Waals surface area contributed by atoms with Crippen molar-refractivity contribution in [1.29, 1.82) is 0 Å². The first-order valence-electron chi connectivity index (χ1n) is 6.67. The van der Waals surface area contributed by atoms with Gasteiger partial charge in [-0.1, -0.05) is 27.7 Å². The summed E-state index contributed by atoms with van der Waals surface area (Å²) in [6.07, 6.45) is 4.60. The highest BCUT2D eigenvalue weighted by Gasteiger charge is 2.29. The zero-order chi connectivity index (χ0) is 12.6. The van der Waals surface area contributed by atoms with Crippen LogP contribution in [0, 0.1) is 11.8 Å². The molecule has 0 heterocycles. The summed E-state index contributed by atoms with van der Waals surface area (Å²) in [4.78, 5) is 23.9. The zero-order valence-electron chi connectivity index (χ0n) is 11.2. The van der Waals surface area contributed by atoms with Crippen LogP contribution in [-0.4, -0.2) is 11.6 Å². The van der Waals surface area contributed by atoms with Crippen LogP contribution in [0.15, 0.2) is 0 Å². The van der Waals surface area contributed by atoms with Gasteiger partial charge < -0.3 is 0 Å². The van der Waals surface area contributed by atoms with Crippen molar-refractivity contribution >= 4 is 11.6 Å². The molecule has 94 valence electrons. The molecule has 0 saturated heterocycles. The third-order valence-corrected chi connectivity index (χ3v) is 3.19. The maximum Gasteiger partial charge on any atom is 0.136 e. The van der Waals surface area contributed by atoms with Gasteiger partial charge in [-0.25, -0.2) is 0 Å². The molecule has 0 fully saturated rings. The van der Waals surface area contributed by atoms with Crippen molar-refractivity contribution in [3.63, 3.8) is 0 Å². The maximum absolute atomic E-state index is 11.9. The van der Waals surface area contributed by atoms with Crippen LogP contribution in [0.2, 0.25) is 0 Å². The fraction of sp³-hybridized carbons (Fsp3) is 0.857. The Labute approximate surface area is 99.8 Å². The summed E-state index contributed by atoms with van der Waals surface area (Å²) in [5.41, 5.74) is 0. The fourth-order valence-corrected chi connectivity index (χ4v) is 2.34. The lowest BCUT2D eigenvalue weighted by Crippen LogP contribution is -2.29. The molecule has 0 aliphatic carbocycles. The fourth-order valence-electron chi connectivity index (χ4n) is 2.34. The Hall–Kier alpha value is -0.660. The molecule has 2 unspecified atom stereocenters. The number of hydrogen-bond acceptors (Lipinski definition) is 2. The average Bonchev–Trinajstić information content (AvgIpc) is 2.25. The Balaban J connectivity index is 4.61. The summed E-state index contributed by atoms with van der Waals surface area (Å²) in [5, 5.41) is 0. The quantitative estimate of drug-likeness (QED) is 0.599. The van der Waals surface area contributed by atoms with Crippen molar-refractivity contribution in [2.45, 2.75) is 66.2 Å². The van der Waals surface area contributed by atoms with Crippen molar-refractivity contribution in [2.75, 3.05) is 0 Å². The van der Waals surface area contributed by atoms with Crippen molar-refractivity contribution in [3.05, 3.63) is 0 Å². The predicted molar refractivity (Wildman–Crippen MR) is 67.4 cm³/mol. The SMILES string of the molecule is CCCC(=O)C(CC)C(CC)C(=O)CCC. The standard InChI is InChI=1S/C14H26O2/c1-5-9-13(15)11(7-3)12(8-4)14(16)10-6-2/h11-12H,5-10H2,1-4H3. The molecular weight excluding hydrogens is 200 g/mol. The molecule has 0 N–H and O–H groups in total. The van der Waals surface area contributed by atoms with Crippen LogP contribution in [0.1, 0.15) is 66.2 Å². The number of hydrogen-bond donors (Lipinski definition) is 0. The monoisotopic (exact) mass is 226 g/mol. The summed E-state index contributed by atoms with van der Waals surface area (Å²) in [7, 11) is 0. The van der Waals surface area contributed by atoms with E-state index in [2.05, 4.69) is 0 Å². The molecular formula is C14H26O2. The van der Waals surface area contributed by atoms with Crippen molar-refractivity contribution in [3.8, 4) is 0 Å². The smallest absolute Gasteiger partial charge is 0.136 e. The van der Waals surface area contributed by atoms with Crippen molar-refractivity contribution in [1.82, 2.24) is 0 Å². The van der Waals surface area contributed by atoms with Gasteiger partial charge in [0.1, 0.15) is 11.6 Å². The molecule has 0 rings (SSSR count). The molecule has 0 bridgehead atoms. The molecule has 2 heteroatoms. The van der Waals surface area contributed by atoms with Crippen LogP contribution in [0.3, 0.4) is 0 Å². The molecule has 2 nitrogen and oxygen atoms in total. The van der Waals surface area contributed by atoms with Crippen LogP contribution in [-0.2, 0) is 9.59 Å². The second-order valence-electron chi connectivity index (χ2n) is 4.46. The topological polar surface area (TPSA) is 34.1 Å². The van der Waals surface area contributed by atoms with Crippen molar-refractivity contribution < 1.29 is 9.59 Å². The Morgan fingerprint density at radius 3 is 1.25 bits per heavy atom. The van der Waals surface area contributed by atoms with E-state index in [4.69, 9.17) is 0 Å².